The topological polar surface area (TPSA) is 42.1 Å². The Labute approximate surface area is 54.1 Å². The van der Waals surface area contributed by atoms with Crippen molar-refractivity contribution in [1.82, 2.24) is 4.98 Å². The minimum Gasteiger partial charge on any atom is -0.313 e. The van der Waals surface area contributed by atoms with Gasteiger partial charge in [0.1, 0.15) is 0 Å². The van der Waals surface area contributed by atoms with Gasteiger partial charge in [-0.1, -0.05) is 0 Å². The van der Waals surface area contributed by atoms with Crippen LogP contribution in [-0.4, -0.2) is 12.0 Å². The third-order valence-corrected chi connectivity index (χ3v) is 1.05. The van der Waals surface area contributed by atoms with Crippen LogP contribution in [0.4, 0.5) is 5.69 Å². The van der Waals surface area contributed by atoms with E-state index in [0.717, 1.165) is 5.69 Å². The second kappa shape index (κ2) is 2.46. The number of aromatic nitrogens is 1. The maximum absolute atomic E-state index is 5.41. The third kappa shape index (κ3) is 1.40. The first-order valence-electron chi connectivity index (χ1n) is 2.69. The van der Waals surface area contributed by atoms with E-state index in [0.29, 0.717) is 0 Å². The van der Waals surface area contributed by atoms with E-state index in [-0.39, 0.29) is 0 Å². The van der Waals surface area contributed by atoms with Crippen molar-refractivity contribution in [3.8, 4) is 0 Å². The Balaban J connectivity index is 2.85. The summed E-state index contributed by atoms with van der Waals surface area (Å²) in [7, 11) is 1.77. The van der Waals surface area contributed by atoms with E-state index >= 15 is 0 Å². The zero-order valence-corrected chi connectivity index (χ0v) is 5.28. The summed E-state index contributed by atoms with van der Waals surface area (Å²) >= 11 is 0. The Morgan fingerprint density at radius 2 is 2.44 bits per heavy atom. The first-order valence-corrected chi connectivity index (χ1v) is 2.69. The lowest BCUT2D eigenvalue weighted by Crippen LogP contribution is -2.24. The fourth-order valence-electron chi connectivity index (χ4n) is 0.562. The van der Waals surface area contributed by atoms with Crippen LogP contribution in [0.3, 0.4) is 0 Å². The minimum atomic E-state index is 0.914. The molecule has 9 heavy (non-hydrogen) atoms. The molecule has 0 amide bonds. The highest BCUT2D eigenvalue weighted by Gasteiger charge is 1.89. The number of rotatable bonds is 1. The summed E-state index contributed by atoms with van der Waals surface area (Å²) in [5.74, 6) is 5.41. The molecule has 0 aliphatic heterocycles. The fourth-order valence-corrected chi connectivity index (χ4v) is 0.562. The second-order valence-corrected chi connectivity index (χ2v) is 1.82. The molecular weight excluding hydrogens is 114 g/mol. The lowest BCUT2D eigenvalue weighted by Gasteiger charge is -2.09. The van der Waals surface area contributed by atoms with Crippen LogP contribution in [0, 0.1) is 0 Å². The van der Waals surface area contributed by atoms with E-state index in [4.69, 9.17) is 5.84 Å². The van der Waals surface area contributed by atoms with Crippen molar-refractivity contribution in [3.05, 3.63) is 24.5 Å². The summed E-state index contributed by atoms with van der Waals surface area (Å²) in [6.45, 7) is 0. The van der Waals surface area contributed by atoms with Crippen LogP contribution >= 0.6 is 0 Å². The second-order valence-electron chi connectivity index (χ2n) is 1.82. The highest BCUT2D eigenvalue weighted by Crippen LogP contribution is 2.03. The number of hydrogen-bond acceptors (Lipinski definition) is 3. The predicted molar refractivity (Wildman–Crippen MR) is 36.8 cm³/mol. The molecule has 0 atom stereocenters. The van der Waals surface area contributed by atoms with E-state index in [1.54, 1.807) is 19.4 Å². The molecular formula is C6H9N3. The van der Waals surface area contributed by atoms with Crippen molar-refractivity contribution in [1.29, 1.82) is 0 Å². The fraction of sp³-hybridized carbons (Fsp3) is 0.167. The normalized spacial score (nSPS) is 9.11. The largest absolute Gasteiger partial charge is 0.313 e. The van der Waals surface area contributed by atoms with Crippen molar-refractivity contribution >= 4 is 5.69 Å². The van der Waals surface area contributed by atoms with Crippen LogP contribution in [0.1, 0.15) is 0 Å². The molecule has 1 aromatic heterocycles. The molecule has 0 bridgehead atoms. The Kier molecular flexibility index (Phi) is 1.65. The van der Waals surface area contributed by atoms with Gasteiger partial charge in [0.25, 0.3) is 0 Å². The first-order chi connectivity index (χ1) is 4.30. The van der Waals surface area contributed by atoms with Crippen molar-refractivity contribution < 1.29 is 0 Å². The molecule has 1 heterocycles. The molecule has 0 radical (unpaired) electrons. The van der Waals surface area contributed by atoms with E-state index in [1.807, 2.05) is 12.1 Å². The molecule has 3 heteroatoms. The molecule has 0 saturated carbocycles. The highest BCUT2D eigenvalue weighted by molar-refractivity contribution is 5.40. The maximum Gasteiger partial charge on any atom is 0.0697 e. The van der Waals surface area contributed by atoms with Crippen molar-refractivity contribution in [2.75, 3.05) is 12.1 Å². The zero-order valence-electron chi connectivity index (χ0n) is 5.28. The predicted octanol–water partition coefficient (Wildman–Crippen LogP) is 0.391. The summed E-state index contributed by atoms with van der Waals surface area (Å²) in [6.07, 6.45) is 3.42. The molecule has 0 unspecified atom stereocenters. The van der Waals surface area contributed by atoms with Gasteiger partial charge in [-0.15, -0.1) is 0 Å². The van der Waals surface area contributed by atoms with Gasteiger partial charge in [0, 0.05) is 13.2 Å². The molecule has 48 valence electrons. The molecule has 0 spiro atoms. The van der Waals surface area contributed by atoms with Gasteiger partial charge < -0.3 is 5.01 Å². The van der Waals surface area contributed by atoms with Crippen molar-refractivity contribution in [3.63, 3.8) is 0 Å². The molecule has 0 saturated heterocycles. The maximum atomic E-state index is 5.41. The lowest BCUT2D eigenvalue weighted by molar-refractivity contribution is 1.01. The van der Waals surface area contributed by atoms with E-state index in [9.17, 15) is 0 Å². The molecule has 0 aromatic carbocycles. The summed E-state index contributed by atoms with van der Waals surface area (Å²) in [5, 5.41) is 1.52. The Morgan fingerprint density at radius 3 is 2.78 bits per heavy atom. The number of anilines is 1. The molecule has 1 rings (SSSR count). The van der Waals surface area contributed by atoms with E-state index < -0.39 is 0 Å². The summed E-state index contributed by atoms with van der Waals surface area (Å²) in [6, 6.07) is 3.74. The number of pyridine rings is 1. The average Bonchev–Trinajstić information content (AvgIpc) is 1.90. The molecule has 3 nitrogen and oxygen atoms in total. The molecule has 1 aromatic rings. The van der Waals surface area contributed by atoms with Crippen LogP contribution in [0.25, 0.3) is 0 Å². The molecule has 0 aliphatic rings. The Morgan fingerprint density at radius 1 is 1.67 bits per heavy atom. The monoisotopic (exact) mass is 123 g/mol. The third-order valence-electron chi connectivity index (χ3n) is 1.05. The van der Waals surface area contributed by atoms with Gasteiger partial charge in [0.15, 0.2) is 0 Å². The summed E-state index contributed by atoms with van der Waals surface area (Å²) in [5.41, 5.74) is 0.914. The SMILES string of the molecule is CN(N)c1cccnc1. The van der Waals surface area contributed by atoms with Crippen LogP contribution in [0.5, 0.6) is 0 Å². The number of nitrogens with zero attached hydrogens (tertiary/aromatic N) is 2. The Hall–Kier alpha value is -1.09. The van der Waals surface area contributed by atoms with E-state index in [2.05, 4.69) is 4.98 Å². The summed E-state index contributed by atoms with van der Waals surface area (Å²) in [4.78, 5) is 3.88. The van der Waals surface area contributed by atoms with Gasteiger partial charge >= 0.3 is 0 Å². The first kappa shape index (κ1) is 6.04. The van der Waals surface area contributed by atoms with Crippen molar-refractivity contribution in [2.45, 2.75) is 0 Å². The quantitative estimate of drug-likeness (QED) is 0.434. The lowest BCUT2D eigenvalue weighted by atomic mass is 10.4. The average molecular weight is 123 g/mol. The zero-order chi connectivity index (χ0) is 6.69. The molecule has 0 aliphatic carbocycles. The van der Waals surface area contributed by atoms with Crippen LogP contribution in [0.2, 0.25) is 0 Å². The van der Waals surface area contributed by atoms with Crippen LogP contribution in [-0.2, 0) is 0 Å². The highest BCUT2D eigenvalue weighted by atomic mass is 15.4. The van der Waals surface area contributed by atoms with Gasteiger partial charge in [0.05, 0.1) is 11.9 Å². The van der Waals surface area contributed by atoms with Crippen molar-refractivity contribution in [2.24, 2.45) is 5.84 Å². The standard InChI is InChI=1S/C6H9N3/c1-9(7)6-3-2-4-8-5-6/h2-5H,7H2,1H3. The van der Waals surface area contributed by atoms with Gasteiger partial charge in [-0.2, -0.15) is 0 Å². The smallest absolute Gasteiger partial charge is 0.0697 e. The van der Waals surface area contributed by atoms with Crippen LogP contribution in [0.15, 0.2) is 24.5 Å². The van der Waals surface area contributed by atoms with Gasteiger partial charge in [0.2, 0.25) is 0 Å². The number of hydrogen-bond donors (Lipinski definition) is 1. The Bertz CT molecular complexity index is 171. The van der Waals surface area contributed by atoms with Crippen LogP contribution < -0.4 is 10.9 Å². The minimum absolute atomic E-state index is 0.914. The van der Waals surface area contributed by atoms with E-state index in [1.165, 1.54) is 5.01 Å². The number of hydrazine groups is 1. The number of nitrogens with two attached hydrogens (primary N) is 1. The van der Waals surface area contributed by atoms with Gasteiger partial charge in [-0.3, -0.25) is 4.98 Å². The summed E-state index contributed by atoms with van der Waals surface area (Å²) < 4.78 is 0. The van der Waals surface area contributed by atoms with Gasteiger partial charge in [-0.25, -0.2) is 5.84 Å². The molecule has 2 N–H and O–H groups in total. The van der Waals surface area contributed by atoms with Gasteiger partial charge in [-0.05, 0) is 12.1 Å². The molecule has 0 fully saturated rings.